The summed E-state index contributed by atoms with van der Waals surface area (Å²) in [7, 11) is -1.23. The molecule has 0 bridgehead atoms. The first-order chi connectivity index (χ1) is 6.85. The van der Waals surface area contributed by atoms with Crippen LogP contribution in [0.2, 0.25) is 16.6 Å². The van der Waals surface area contributed by atoms with E-state index in [0.29, 0.717) is 0 Å². The van der Waals surface area contributed by atoms with Gasteiger partial charge in [-0.1, -0.05) is 41.5 Å². The molecule has 0 aromatic rings. The lowest BCUT2D eigenvalue weighted by Crippen LogP contribution is -2.52. The quantitative estimate of drug-likeness (QED) is 0.474. The first kappa shape index (κ1) is 15.9. The van der Waals surface area contributed by atoms with E-state index >= 15 is 0 Å². The third kappa shape index (κ3) is 2.98. The summed E-state index contributed by atoms with van der Waals surface area (Å²) in [5.74, 6) is 0. The maximum atomic E-state index is 2.45. The fourth-order valence-electron chi connectivity index (χ4n) is 3.32. The summed E-state index contributed by atoms with van der Waals surface area (Å²) in [5.41, 5.74) is 2.63. The molecule has 0 aromatic carbocycles. The van der Waals surface area contributed by atoms with Gasteiger partial charge in [-0.25, -0.2) is 0 Å². The Balaban J connectivity index is 5.29. The average molecular weight is 265 g/mol. The molecule has 0 aliphatic carbocycles. The molecule has 0 saturated heterocycles. The summed E-state index contributed by atoms with van der Waals surface area (Å²) in [4.78, 5) is 0. The number of hydrogen-bond donors (Lipinski definition) is 0. The van der Waals surface area contributed by atoms with E-state index in [4.69, 9.17) is 0 Å². The van der Waals surface area contributed by atoms with Crippen LogP contribution in [0.25, 0.3) is 0 Å². The predicted octanol–water partition coefficient (Wildman–Crippen LogP) is 5.26. The molecule has 15 heavy (non-hydrogen) atoms. The summed E-state index contributed by atoms with van der Waals surface area (Å²) < 4.78 is 0.845. The van der Waals surface area contributed by atoms with Gasteiger partial charge in [0, 0.05) is 4.21 Å². The van der Waals surface area contributed by atoms with Gasteiger partial charge in [-0.3, -0.25) is 0 Å². The molecule has 0 nitrogen and oxygen atoms in total. The fourth-order valence-corrected chi connectivity index (χ4v) is 17.9. The normalized spacial score (nSPS) is 13.6. The molecule has 0 fully saturated rings. The third-order valence-electron chi connectivity index (χ3n) is 3.84. The second-order valence-electron chi connectivity index (χ2n) is 5.27. The SMILES string of the molecule is CSC(SC)[Si](C(C)C)(C(C)C)C(C)C. The van der Waals surface area contributed by atoms with E-state index in [2.05, 4.69) is 77.6 Å². The molecule has 0 unspecified atom stereocenters. The molecule has 0 atom stereocenters. The molecule has 0 N–H and O–H groups in total. The Morgan fingerprint density at radius 3 is 1.00 bits per heavy atom. The Labute approximate surface area is 106 Å². The molecule has 0 rings (SSSR count). The molecule has 0 aliphatic rings. The van der Waals surface area contributed by atoms with E-state index in [1.807, 2.05) is 0 Å². The van der Waals surface area contributed by atoms with Crippen molar-refractivity contribution in [3.8, 4) is 0 Å². The van der Waals surface area contributed by atoms with E-state index < -0.39 is 8.07 Å². The Morgan fingerprint density at radius 1 is 0.667 bits per heavy atom. The van der Waals surface area contributed by atoms with E-state index in [1.54, 1.807) is 0 Å². The Morgan fingerprint density at radius 2 is 0.933 bits per heavy atom. The first-order valence-corrected chi connectivity index (χ1v) is 10.8. The highest BCUT2D eigenvalue weighted by molar-refractivity contribution is 8.18. The molecule has 3 heteroatoms. The van der Waals surface area contributed by atoms with Crippen molar-refractivity contribution in [3.63, 3.8) is 0 Å². The Kier molecular flexibility index (Phi) is 7.01. The van der Waals surface area contributed by atoms with Gasteiger partial charge >= 0.3 is 0 Å². The number of thioether (sulfide) groups is 2. The van der Waals surface area contributed by atoms with Gasteiger partial charge in [-0.2, -0.15) is 23.5 Å². The molecule has 0 amide bonds. The van der Waals surface area contributed by atoms with Gasteiger partial charge in [0.1, 0.15) is 0 Å². The molecular formula is C12H28S2Si. The summed E-state index contributed by atoms with van der Waals surface area (Å²) in [6.45, 7) is 14.7. The maximum Gasteiger partial charge on any atom is 0.0879 e. The minimum absolute atomic E-state index is 0.845. The number of rotatable bonds is 6. The lowest BCUT2D eigenvalue weighted by molar-refractivity contribution is 0.815. The fraction of sp³-hybridized carbons (Fsp3) is 1.00. The molecule has 0 heterocycles. The topological polar surface area (TPSA) is 0 Å². The Bertz CT molecular complexity index is 153. The zero-order chi connectivity index (χ0) is 12.2. The van der Waals surface area contributed by atoms with Gasteiger partial charge in [-0.05, 0) is 29.1 Å². The van der Waals surface area contributed by atoms with E-state index in [0.717, 1.165) is 20.8 Å². The Hall–Kier alpha value is 0.917. The lowest BCUT2D eigenvalue weighted by Gasteiger charge is -2.47. The van der Waals surface area contributed by atoms with Crippen molar-refractivity contribution in [1.29, 1.82) is 0 Å². The van der Waals surface area contributed by atoms with Gasteiger partial charge in [-0.15, -0.1) is 0 Å². The maximum absolute atomic E-state index is 2.45. The van der Waals surface area contributed by atoms with Crippen LogP contribution in [0.4, 0.5) is 0 Å². The second kappa shape index (κ2) is 6.60. The smallest absolute Gasteiger partial charge is 0.0879 e. The van der Waals surface area contributed by atoms with Crippen LogP contribution >= 0.6 is 23.5 Å². The highest BCUT2D eigenvalue weighted by Crippen LogP contribution is 2.50. The molecule has 0 aromatic heterocycles. The van der Waals surface area contributed by atoms with Crippen molar-refractivity contribution in [3.05, 3.63) is 0 Å². The number of hydrogen-bond acceptors (Lipinski definition) is 2. The van der Waals surface area contributed by atoms with Crippen molar-refractivity contribution in [2.45, 2.75) is 62.4 Å². The predicted molar refractivity (Wildman–Crippen MR) is 81.9 cm³/mol. The van der Waals surface area contributed by atoms with Gasteiger partial charge < -0.3 is 0 Å². The second-order valence-corrected chi connectivity index (χ2v) is 14.3. The standard InChI is InChI=1S/C12H28S2Si/c1-9(2)15(10(3)4,11(5)6)12(13-7)14-8/h9-12H,1-8H3. The highest BCUT2D eigenvalue weighted by Gasteiger charge is 2.48. The zero-order valence-electron chi connectivity index (χ0n) is 11.6. The molecule has 0 aliphatic heterocycles. The van der Waals surface area contributed by atoms with Gasteiger partial charge in [0.25, 0.3) is 0 Å². The van der Waals surface area contributed by atoms with Crippen molar-refractivity contribution in [2.75, 3.05) is 12.5 Å². The minimum Gasteiger partial charge on any atom is -0.154 e. The lowest BCUT2D eigenvalue weighted by atomic mass is 10.5. The van der Waals surface area contributed by atoms with Gasteiger partial charge in [0.05, 0.1) is 8.07 Å². The van der Waals surface area contributed by atoms with Crippen LogP contribution in [0.3, 0.4) is 0 Å². The van der Waals surface area contributed by atoms with E-state index in [-0.39, 0.29) is 0 Å². The zero-order valence-corrected chi connectivity index (χ0v) is 14.3. The molecule has 0 radical (unpaired) electrons. The van der Waals surface area contributed by atoms with Crippen LogP contribution in [-0.4, -0.2) is 24.8 Å². The molecule has 0 spiro atoms. The largest absolute Gasteiger partial charge is 0.154 e. The van der Waals surface area contributed by atoms with Crippen LogP contribution in [0, 0.1) is 0 Å². The molecule has 0 saturated carbocycles. The van der Waals surface area contributed by atoms with Crippen molar-refractivity contribution in [2.24, 2.45) is 0 Å². The third-order valence-corrected chi connectivity index (χ3v) is 16.5. The summed E-state index contributed by atoms with van der Waals surface area (Å²) >= 11 is 4.17. The molecule has 92 valence electrons. The summed E-state index contributed by atoms with van der Waals surface area (Å²) in [5, 5.41) is 0. The first-order valence-electron chi connectivity index (χ1n) is 5.91. The van der Waals surface area contributed by atoms with Crippen LogP contribution < -0.4 is 0 Å². The highest BCUT2D eigenvalue weighted by atomic mass is 32.2. The van der Waals surface area contributed by atoms with Gasteiger partial charge in [0.15, 0.2) is 0 Å². The van der Waals surface area contributed by atoms with Gasteiger partial charge in [0.2, 0.25) is 0 Å². The summed E-state index contributed by atoms with van der Waals surface area (Å²) in [6.07, 6.45) is 4.58. The van der Waals surface area contributed by atoms with Crippen LogP contribution in [-0.2, 0) is 0 Å². The minimum atomic E-state index is -1.23. The van der Waals surface area contributed by atoms with E-state index in [1.165, 1.54) is 0 Å². The average Bonchev–Trinajstić information content (AvgIpc) is 2.11. The van der Waals surface area contributed by atoms with Crippen molar-refractivity contribution < 1.29 is 0 Å². The van der Waals surface area contributed by atoms with Crippen LogP contribution in [0.1, 0.15) is 41.5 Å². The van der Waals surface area contributed by atoms with E-state index in [9.17, 15) is 0 Å². The van der Waals surface area contributed by atoms with Crippen LogP contribution in [0.15, 0.2) is 0 Å². The monoisotopic (exact) mass is 264 g/mol. The van der Waals surface area contributed by atoms with Crippen molar-refractivity contribution in [1.82, 2.24) is 0 Å². The van der Waals surface area contributed by atoms with Crippen molar-refractivity contribution >= 4 is 31.6 Å². The summed E-state index contributed by atoms with van der Waals surface area (Å²) in [6, 6.07) is 0. The van der Waals surface area contributed by atoms with Crippen LogP contribution in [0.5, 0.6) is 0 Å². The molecular weight excluding hydrogens is 236 g/mol.